The third kappa shape index (κ3) is 11.2. The summed E-state index contributed by atoms with van der Waals surface area (Å²) < 4.78 is 0. The average molecular weight is 489 g/mol. The van der Waals surface area contributed by atoms with E-state index in [0.717, 1.165) is 0 Å². The number of nitrogens with two attached hydrogens (primary N) is 1. The number of thioether (sulfide) groups is 1. The molecule has 0 aromatic carbocycles. The van der Waals surface area contributed by atoms with Crippen LogP contribution in [0.2, 0.25) is 0 Å². The lowest BCUT2D eigenvalue weighted by atomic mass is 9.96. The summed E-state index contributed by atoms with van der Waals surface area (Å²) in [6.45, 7) is 11.3. The molecule has 0 aliphatic rings. The van der Waals surface area contributed by atoms with Gasteiger partial charge in [0, 0.05) is 0 Å². The molecule has 0 heterocycles. The molecule has 0 fully saturated rings. The summed E-state index contributed by atoms with van der Waals surface area (Å²) in [6, 6.07) is -3.54. The van der Waals surface area contributed by atoms with E-state index in [9.17, 15) is 24.3 Å². The number of carboxylic acids is 1. The number of hydrogen-bond donors (Lipinski definition) is 5. The number of amides is 3. The fourth-order valence-electron chi connectivity index (χ4n) is 3.28. The van der Waals surface area contributed by atoms with Crippen LogP contribution < -0.4 is 21.7 Å². The molecule has 0 aromatic heterocycles. The first-order valence-electron chi connectivity index (χ1n) is 11.8. The van der Waals surface area contributed by atoms with E-state index >= 15 is 0 Å². The molecule has 0 saturated carbocycles. The molecule has 9 nitrogen and oxygen atoms in total. The number of hydrogen-bond acceptors (Lipinski definition) is 6. The van der Waals surface area contributed by atoms with Gasteiger partial charge in [-0.1, -0.05) is 54.4 Å². The molecule has 6 unspecified atom stereocenters. The standard InChI is InChI=1S/C23H44N4O5S/c1-8-14(5)18(26-20(28)16(24)12-13(3)4)22(30)25-17(10-11-33-7)21(29)27-19(23(31)32)15(6)9-2/h13-19H,8-12,24H2,1-7H3,(H,25,30)(H,26,28)(H,27,29)(H,31,32). The summed E-state index contributed by atoms with van der Waals surface area (Å²) in [6.07, 6.45) is 3.92. The van der Waals surface area contributed by atoms with Crippen LogP contribution in [-0.2, 0) is 19.2 Å². The summed E-state index contributed by atoms with van der Waals surface area (Å²) in [7, 11) is 0. The number of rotatable bonds is 16. The van der Waals surface area contributed by atoms with Gasteiger partial charge < -0.3 is 26.8 Å². The van der Waals surface area contributed by atoms with E-state index in [1.165, 1.54) is 11.8 Å². The van der Waals surface area contributed by atoms with Crippen molar-refractivity contribution in [2.24, 2.45) is 23.5 Å². The van der Waals surface area contributed by atoms with Crippen LogP contribution in [0.3, 0.4) is 0 Å². The summed E-state index contributed by atoms with van der Waals surface area (Å²) >= 11 is 1.52. The van der Waals surface area contributed by atoms with Crippen molar-refractivity contribution in [2.75, 3.05) is 12.0 Å². The Morgan fingerprint density at radius 3 is 1.82 bits per heavy atom. The van der Waals surface area contributed by atoms with Crippen molar-refractivity contribution in [1.29, 1.82) is 0 Å². The first-order chi connectivity index (χ1) is 15.4. The number of carbonyl (C=O) groups excluding carboxylic acids is 3. The minimum atomic E-state index is -1.11. The van der Waals surface area contributed by atoms with Crippen molar-refractivity contribution < 1.29 is 24.3 Å². The lowest BCUT2D eigenvalue weighted by Crippen LogP contribution is -2.59. The highest BCUT2D eigenvalue weighted by molar-refractivity contribution is 7.98. The van der Waals surface area contributed by atoms with Crippen LogP contribution in [0.4, 0.5) is 0 Å². The summed E-state index contributed by atoms with van der Waals surface area (Å²) in [5.41, 5.74) is 5.98. The molecule has 6 N–H and O–H groups in total. The zero-order chi connectivity index (χ0) is 25.7. The molecule has 0 rings (SSSR count). The van der Waals surface area contributed by atoms with Gasteiger partial charge in [-0.15, -0.1) is 0 Å². The van der Waals surface area contributed by atoms with E-state index in [1.54, 1.807) is 6.92 Å². The molecule has 0 bridgehead atoms. The fraction of sp³-hybridized carbons (Fsp3) is 0.826. The predicted octanol–water partition coefficient (Wildman–Crippen LogP) is 1.74. The molecule has 3 amide bonds. The van der Waals surface area contributed by atoms with E-state index in [1.807, 2.05) is 40.9 Å². The third-order valence-electron chi connectivity index (χ3n) is 5.88. The van der Waals surface area contributed by atoms with E-state index in [2.05, 4.69) is 16.0 Å². The third-order valence-corrected chi connectivity index (χ3v) is 6.52. The van der Waals surface area contributed by atoms with Crippen molar-refractivity contribution in [3.63, 3.8) is 0 Å². The minimum Gasteiger partial charge on any atom is -0.480 e. The Morgan fingerprint density at radius 2 is 1.36 bits per heavy atom. The second-order valence-corrected chi connectivity index (χ2v) is 10.1. The van der Waals surface area contributed by atoms with Gasteiger partial charge in [-0.05, 0) is 42.6 Å². The first-order valence-corrected chi connectivity index (χ1v) is 13.2. The summed E-state index contributed by atoms with van der Waals surface area (Å²) in [4.78, 5) is 50.3. The molecule has 0 aliphatic heterocycles. The molecule has 0 radical (unpaired) electrons. The van der Waals surface area contributed by atoms with Crippen LogP contribution >= 0.6 is 11.8 Å². The van der Waals surface area contributed by atoms with Crippen molar-refractivity contribution in [1.82, 2.24) is 16.0 Å². The topological polar surface area (TPSA) is 151 Å². The van der Waals surface area contributed by atoms with Gasteiger partial charge in [0.25, 0.3) is 0 Å². The zero-order valence-corrected chi connectivity index (χ0v) is 22.0. The van der Waals surface area contributed by atoms with E-state index in [-0.39, 0.29) is 17.8 Å². The van der Waals surface area contributed by atoms with Crippen molar-refractivity contribution >= 4 is 35.5 Å². The molecule has 0 aliphatic carbocycles. The Balaban J connectivity index is 5.54. The van der Waals surface area contributed by atoms with E-state index < -0.39 is 47.9 Å². The van der Waals surface area contributed by atoms with Gasteiger partial charge in [-0.25, -0.2) is 4.79 Å². The second kappa shape index (κ2) is 15.9. The molecule has 6 atom stereocenters. The zero-order valence-electron chi connectivity index (χ0n) is 21.1. The predicted molar refractivity (Wildman–Crippen MR) is 133 cm³/mol. The largest absolute Gasteiger partial charge is 0.480 e. The van der Waals surface area contributed by atoms with Gasteiger partial charge in [0.15, 0.2) is 0 Å². The summed E-state index contributed by atoms with van der Waals surface area (Å²) in [5, 5.41) is 17.6. The lowest BCUT2D eigenvalue weighted by molar-refractivity contribution is -0.144. The first kappa shape index (κ1) is 31.2. The van der Waals surface area contributed by atoms with Crippen molar-refractivity contribution in [2.45, 2.75) is 91.4 Å². The van der Waals surface area contributed by atoms with Crippen LogP contribution in [0.25, 0.3) is 0 Å². The Kier molecular flexibility index (Phi) is 15.1. The molecule has 10 heteroatoms. The average Bonchev–Trinajstić information content (AvgIpc) is 2.76. The van der Waals surface area contributed by atoms with Crippen LogP contribution in [0, 0.1) is 17.8 Å². The maximum Gasteiger partial charge on any atom is 0.326 e. The quantitative estimate of drug-likeness (QED) is 0.222. The summed E-state index contributed by atoms with van der Waals surface area (Å²) in [5.74, 6) is -2.17. The van der Waals surface area contributed by atoms with Crippen molar-refractivity contribution in [3.8, 4) is 0 Å². The number of nitrogens with one attached hydrogen (secondary N) is 3. The molecule has 192 valence electrons. The smallest absolute Gasteiger partial charge is 0.326 e. The monoisotopic (exact) mass is 488 g/mol. The van der Waals surface area contributed by atoms with Gasteiger partial charge in [0.1, 0.15) is 18.1 Å². The Morgan fingerprint density at radius 1 is 0.848 bits per heavy atom. The second-order valence-electron chi connectivity index (χ2n) is 9.16. The maximum absolute atomic E-state index is 13.1. The van der Waals surface area contributed by atoms with E-state index in [4.69, 9.17) is 5.73 Å². The number of aliphatic carboxylic acids is 1. The Hall–Kier alpha value is -1.81. The highest BCUT2D eigenvalue weighted by Crippen LogP contribution is 2.12. The lowest BCUT2D eigenvalue weighted by Gasteiger charge is -2.28. The maximum atomic E-state index is 13.1. The molecule has 0 spiro atoms. The van der Waals surface area contributed by atoms with Crippen LogP contribution in [0.1, 0.15) is 67.2 Å². The van der Waals surface area contributed by atoms with Gasteiger partial charge >= 0.3 is 5.97 Å². The number of carbonyl (C=O) groups is 4. The van der Waals surface area contributed by atoms with Crippen LogP contribution in [0.15, 0.2) is 0 Å². The van der Waals surface area contributed by atoms with Crippen LogP contribution in [0.5, 0.6) is 0 Å². The van der Waals surface area contributed by atoms with Gasteiger partial charge in [-0.2, -0.15) is 11.8 Å². The molecular formula is C23H44N4O5S. The molecule has 33 heavy (non-hydrogen) atoms. The normalized spacial score (nSPS) is 16.8. The van der Waals surface area contributed by atoms with Gasteiger partial charge in [-0.3, -0.25) is 14.4 Å². The highest BCUT2D eigenvalue weighted by Gasteiger charge is 2.33. The fourth-order valence-corrected chi connectivity index (χ4v) is 3.75. The van der Waals surface area contributed by atoms with Gasteiger partial charge in [0.05, 0.1) is 6.04 Å². The molecule has 0 aromatic rings. The van der Waals surface area contributed by atoms with Gasteiger partial charge in [0.2, 0.25) is 17.7 Å². The molecule has 0 saturated heterocycles. The van der Waals surface area contributed by atoms with Crippen molar-refractivity contribution in [3.05, 3.63) is 0 Å². The Labute approximate surface area is 202 Å². The molecular weight excluding hydrogens is 444 g/mol. The number of carboxylic acid groups (broad SMARTS) is 1. The van der Waals surface area contributed by atoms with E-state index in [0.29, 0.717) is 31.4 Å². The minimum absolute atomic E-state index is 0.184. The Bertz CT molecular complexity index is 646. The highest BCUT2D eigenvalue weighted by atomic mass is 32.2. The van der Waals surface area contributed by atoms with Crippen LogP contribution in [-0.4, -0.2) is 65.0 Å². The SMILES string of the molecule is CCC(C)C(NC(=O)C(CCSC)NC(=O)C(NC(=O)C(N)CC(C)C)C(C)CC)C(=O)O.